The molecule has 1 aliphatic heterocycles. The van der Waals surface area contributed by atoms with Gasteiger partial charge in [0.05, 0.1) is 12.1 Å². The predicted molar refractivity (Wildman–Crippen MR) is 86.4 cm³/mol. The Labute approximate surface area is 128 Å². The van der Waals surface area contributed by atoms with Gasteiger partial charge in [0.25, 0.3) is 0 Å². The second-order valence-corrected chi connectivity index (χ2v) is 6.96. The van der Waals surface area contributed by atoms with Crippen LogP contribution in [0.1, 0.15) is 32.3 Å². The number of nitrogens with one attached hydrogen (secondary N) is 1. The number of hydrogen-bond acceptors (Lipinski definition) is 3. The summed E-state index contributed by atoms with van der Waals surface area (Å²) in [5.74, 6) is 0.886. The van der Waals surface area contributed by atoms with Crippen molar-refractivity contribution in [1.82, 2.24) is 10.2 Å². The molecule has 0 spiro atoms. The van der Waals surface area contributed by atoms with E-state index in [4.69, 9.17) is 4.74 Å². The van der Waals surface area contributed by atoms with Crippen LogP contribution >= 0.6 is 0 Å². The summed E-state index contributed by atoms with van der Waals surface area (Å²) in [6.07, 6.45) is 2.79. The number of ether oxygens (including phenoxy) is 1. The third-order valence-electron chi connectivity index (χ3n) is 5.18. The Morgan fingerprint density at radius 3 is 2.67 bits per heavy atom. The Kier molecular flexibility index (Phi) is 4.34. The minimum atomic E-state index is 0.0364. The average Bonchev–Trinajstić information content (AvgIpc) is 3.33. The summed E-state index contributed by atoms with van der Waals surface area (Å²) in [5.41, 5.74) is 1.42. The zero-order valence-electron chi connectivity index (χ0n) is 13.5. The highest BCUT2D eigenvalue weighted by Crippen LogP contribution is 2.39. The fourth-order valence-electron chi connectivity index (χ4n) is 3.72. The molecule has 0 aromatic heterocycles. The highest BCUT2D eigenvalue weighted by atomic mass is 16.5. The van der Waals surface area contributed by atoms with Gasteiger partial charge in [-0.1, -0.05) is 30.3 Å². The summed E-state index contributed by atoms with van der Waals surface area (Å²) >= 11 is 0. The summed E-state index contributed by atoms with van der Waals surface area (Å²) in [7, 11) is 1.81. The van der Waals surface area contributed by atoms with Crippen LogP contribution in [0.15, 0.2) is 30.3 Å². The van der Waals surface area contributed by atoms with E-state index in [0.717, 1.165) is 25.6 Å². The summed E-state index contributed by atoms with van der Waals surface area (Å²) in [6.45, 7) is 7.59. The van der Waals surface area contributed by atoms with Crippen LogP contribution in [0.4, 0.5) is 0 Å². The van der Waals surface area contributed by atoms with E-state index >= 15 is 0 Å². The van der Waals surface area contributed by atoms with Gasteiger partial charge in [-0.15, -0.1) is 0 Å². The molecular formula is C18H28N2O. The number of piperazine rings is 1. The molecule has 21 heavy (non-hydrogen) atoms. The van der Waals surface area contributed by atoms with Crippen LogP contribution in [0.3, 0.4) is 0 Å². The van der Waals surface area contributed by atoms with E-state index in [9.17, 15) is 0 Å². The van der Waals surface area contributed by atoms with Gasteiger partial charge in [-0.05, 0) is 38.2 Å². The molecule has 0 radical (unpaired) electrons. The van der Waals surface area contributed by atoms with Gasteiger partial charge < -0.3 is 10.1 Å². The second kappa shape index (κ2) is 6.07. The van der Waals surface area contributed by atoms with Crippen molar-refractivity contribution in [2.75, 3.05) is 26.8 Å². The van der Waals surface area contributed by atoms with E-state index in [2.05, 4.69) is 54.4 Å². The van der Waals surface area contributed by atoms with Crippen molar-refractivity contribution in [3.05, 3.63) is 35.9 Å². The molecule has 0 amide bonds. The van der Waals surface area contributed by atoms with E-state index in [0.29, 0.717) is 12.1 Å². The van der Waals surface area contributed by atoms with Crippen molar-refractivity contribution in [3.63, 3.8) is 0 Å². The molecule has 3 heteroatoms. The lowest BCUT2D eigenvalue weighted by Crippen LogP contribution is -2.64. The Hall–Kier alpha value is -0.900. The highest BCUT2D eigenvalue weighted by molar-refractivity contribution is 5.25. The molecule has 1 heterocycles. The molecule has 3 atom stereocenters. The molecule has 1 N–H and O–H groups in total. The number of rotatable bonds is 5. The molecule has 3 unspecified atom stereocenters. The van der Waals surface area contributed by atoms with Crippen LogP contribution in [0.25, 0.3) is 0 Å². The number of benzene rings is 1. The number of methoxy groups -OCH3 is 1. The minimum Gasteiger partial charge on any atom is -0.383 e. The average molecular weight is 288 g/mol. The van der Waals surface area contributed by atoms with Gasteiger partial charge in [0, 0.05) is 32.3 Å². The Balaban J connectivity index is 1.80. The van der Waals surface area contributed by atoms with E-state index in [1.54, 1.807) is 7.11 Å². The molecule has 3 rings (SSSR count). The molecular weight excluding hydrogens is 260 g/mol. The third kappa shape index (κ3) is 3.15. The van der Waals surface area contributed by atoms with E-state index in [-0.39, 0.29) is 5.54 Å². The van der Waals surface area contributed by atoms with Crippen molar-refractivity contribution in [2.45, 2.75) is 44.3 Å². The summed E-state index contributed by atoms with van der Waals surface area (Å²) in [5, 5.41) is 3.83. The van der Waals surface area contributed by atoms with Crippen LogP contribution in [-0.2, 0) is 10.3 Å². The van der Waals surface area contributed by atoms with E-state index in [1.807, 2.05) is 0 Å². The van der Waals surface area contributed by atoms with Crippen molar-refractivity contribution in [1.29, 1.82) is 0 Å². The van der Waals surface area contributed by atoms with Crippen LogP contribution in [0.2, 0.25) is 0 Å². The first-order valence-corrected chi connectivity index (χ1v) is 8.19. The van der Waals surface area contributed by atoms with Gasteiger partial charge in [0.2, 0.25) is 0 Å². The fraction of sp³-hybridized carbons (Fsp3) is 0.667. The molecule has 2 fully saturated rings. The van der Waals surface area contributed by atoms with Crippen LogP contribution < -0.4 is 5.32 Å². The molecule has 116 valence electrons. The first kappa shape index (κ1) is 15.0. The first-order valence-electron chi connectivity index (χ1n) is 8.19. The maximum atomic E-state index is 5.42. The predicted octanol–water partition coefficient (Wildman–Crippen LogP) is 2.62. The summed E-state index contributed by atoms with van der Waals surface area (Å²) < 4.78 is 5.42. The maximum Gasteiger partial charge on any atom is 0.0615 e. The molecule has 3 nitrogen and oxygen atoms in total. The van der Waals surface area contributed by atoms with Crippen molar-refractivity contribution < 1.29 is 4.74 Å². The fourth-order valence-corrected chi connectivity index (χ4v) is 3.72. The molecule has 1 aliphatic carbocycles. The maximum absolute atomic E-state index is 5.42. The molecule has 1 saturated carbocycles. The molecule has 1 aromatic carbocycles. The van der Waals surface area contributed by atoms with Gasteiger partial charge in [-0.2, -0.15) is 0 Å². The minimum absolute atomic E-state index is 0.0364. The smallest absolute Gasteiger partial charge is 0.0615 e. The van der Waals surface area contributed by atoms with Crippen molar-refractivity contribution in [3.8, 4) is 0 Å². The monoisotopic (exact) mass is 288 g/mol. The lowest BCUT2D eigenvalue weighted by Gasteiger charge is -2.49. The molecule has 0 bridgehead atoms. The third-order valence-corrected chi connectivity index (χ3v) is 5.18. The van der Waals surface area contributed by atoms with Gasteiger partial charge in [0.1, 0.15) is 0 Å². The normalized spacial score (nSPS) is 32.0. The largest absolute Gasteiger partial charge is 0.383 e. The van der Waals surface area contributed by atoms with E-state index in [1.165, 1.54) is 18.4 Å². The SMILES string of the molecule is COCC(C)N1CC(C)(c2ccccc2)NCC1C1CC1. The lowest BCUT2D eigenvalue weighted by atomic mass is 9.86. The van der Waals surface area contributed by atoms with Crippen molar-refractivity contribution >= 4 is 0 Å². The number of nitrogens with zero attached hydrogens (tertiary/aromatic N) is 1. The zero-order valence-corrected chi connectivity index (χ0v) is 13.5. The topological polar surface area (TPSA) is 24.5 Å². The Morgan fingerprint density at radius 2 is 2.05 bits per heavy atom. The Bertz CT molecular complexity index is 460. The lowest BCUT2D eigenvalue weighted by molar-refractivity contribution is 0.0101. The summed E-state index contributed by atoms with van der Waals surface area (Å²) in [4.78, 5) is 2.69. The highest BCUT2D eigenvalue weighted by Gasteiger charge is 2.44. The van der Waals surface area contributed by atoms with Crippen LogP contribution in [0, 0.1) is 5.92 Å². The number of hydrogen-bond donors (Lipinski definition) is 1. The standard InChI is InChI=1S/C18H28N2O/c1-14(12-21-3)20-13-18(2,16-7-5-4-6-8-16)19-11-17(20)15-9-10-15/h4-8,14-15,17,19H,9-13H2,1-3H3. The van der Waals surface area contributed by atoms with Crippen LogP contribution in [-0.4, -0.2) is 43.8 Å². The van der Waals surface area contributed by atoms with Gasteiger partial charge >= 0.3 is 0 Å². The van der Waals surface area contributed by atoms with Crippen molar-refractivity contribution in [2.24, 2.45) is 5.92 Å². The van der Waals surface area contributed by atoms with Gasteiger partial charge in [-0.25, -0.2) is 0 Å². The Morgan fingerprint density at radius 1 is 1.33 bits per heavy atom. The summed E-state index contributed by atoms with van der Waals surface area (Å²) in [6, 6.07) is 12.0. The van der Waals surface area contributed by atoms with Gasteiger partial charge in [-0.3, -0.25) is 4.90 Å². The molecule has 2 aliphatic rings. The van der Waals surface area contributed by atoms with E-state index < -0.39 is 0 Å². The second-order valence-electron chi connectivity index (χ2n) is 6.96. The quantitative estimate of drug-likeness (QED) is 0.901. The zero-order chi connectivity index (χ0) is 14.9. The van der Waals surface area contributed by atoms with Gasteiger partial charge in [0.15, 0.2) is 0 Å². The molecule has 1 saturated heterocycles. The van der Waals surface area contributed by atoms with Crippen LogP contribution in [0.5, 0.6) is 0 Å². The molecule has 1 aromatic rings. The first-order chi connectivity index (χ1) is 10.1.